The molecule has 0 heterocycles. The van der Waals surface area contributed by atoms with Crippen LogP contribution < -0.4 is 14.8 Å². The smallest absolute Gasteiger partial charge is 0.344 e. The van der Waals surface area contributed by atoms with E-state index < -0.39 is 18.5 Å². The highest BCUT2D eigenvalue weighted by molar-refractivity contribution is 14.1. The van der Waals surface area contributed by atoms with Crippen molar-refractivity contribution >= 4 is 40.2 Å². The summed E-state index contributed by atoms with van der Waals surface area (Å²) in [5.74, 6) is 0.0562. The third-order valence-corrected chi connectivity index (χ3v) is 3.71. The summed E-state index contributed by atoms with van der Waals surface area (Å²) in [6.45, 7) is 1.69. The molecular formula is C18H18INO5. The molecule has 0 aliphatic carbocycles. The summed E-state index contributed by atoms with van der Waals surface area (Å²) in [6, 6.07) is 14.3. The van der Waals surface area contributed by atoms with Crippen molar-refractivity contribution in [1.82, 2.24) is 0 Å². The van der Waals surface area contributed by atoms with E-state index in [2.05, 4.69) is 27.9 Å². The van der Waals surface area contributed by atoms with Crippen molar-refractivity contribution in [2.24, 2.45) is 0 Å². The minimum absolute atomic E-state index is 0.261. The zero-order valence-electron chi connectivity index (χ0n) is 13.7. The Balaban J connectivity index is 1.76. The highest BCUT2D eigenvalue weighted by Crippen LogP contribution is 2.23. The lowest BCUT2D eigenvalue weighted by Gasteiger charge is -2.11. The van der Waals surface area contributed by atoms with Gasteiger partial charge in [0.05, 0.1) is 12.3 Å². The molecule has 0 unspecified atom stereocenters. The molecule has 2 rings (SSSR count). The van der Waals surface area contributed by atoms with E-state index in [0.717, 1.165) is 3.57 Å². The van der Waals surface area contributed by atoms with Crippen LogP contribution in [0.5, 0.6) is 11.5 Å². The van der Waals surface area contributed by atoms with Gasteiger partial charge in [0.2, 0.25) is 0 Å². The molecule has 132 valence electrons. The number of nitrogens with one attached hydrogen (secondary N) is 1. The number of hydrogen-bond acceptors (Lipinski definition) is 5. The van der Waals surface area contributed by atoms with Crippen molar-refractivity contribution in [2.75, 3.05) is 25.1 Å². The summed E-state index contributed by atoms with van der Waals surface area (Å²) < 4.78 is 16.7. The third-order valence-electron chi connectivity index (χ3n) is 3.00. The number of benzene rings is 2. The summed E-state index contributed by atoms with van der Waals surface area (Å²) in [7, 11) is 0. The second-order valence-electron chi connectivity index (χ2n) is 4.88. The highest BCUT2D eigenvalue weighted by Gasteiger charge is 2.11. The maximum absolute atomic E-state index is 11.9. The number of ether oxygens (including phenoxy) is 3. The summed E-state index contributed by atoms with van der Waals surface area (Å²) in [4.78, 5) is 23.6. The van der Waals surface area contributed by atoms with Gasteiger partial charge in [0.25, 0.3) is 5.91 Å². The highest BCUT2D eigenvalue weighted by atomic mass is 127. The average Bonchev–Trinajstić information content (AvgIpc) is 2.61. The second-order valence-corrected chi connectivity index (χ2v) is 6.13. The maximum atomic E-state index is 11.9. The fraction of sp³-hybridized carbons (Fsp3) is 0.222. The molecule has 0 saturated carbocycles. The van der Waals surface area contributed by atoms with Crippen LogP contribution in [0.1, 0.15) is 6.92 Å². The maximum Gasteiger partial charge on any atom is 0.344 e. The molecule has 0 fully saturated rings. The first-order chi connectivity index (χ1) is 12.1. The summed E-state index contributed by atoms with van der Waals surface area (Å²) in [6.07, 6.45) is 0. The van der Waals surface area contributed by atoms with E-state index in [9.17, 15) is 9.59 Å². The van der Waals surface area contributed by atoms with Crippen molar-refractivity contribution in [3.8, 4) is 11.5 Å². The minimum Gasteiger partial charge on any atom is -0.492 e. The number of para-hydroxylation sites is 2. The molecule has 0 saturated heterocycles. The van der Waals surface area contributed by atoms with Gasteiger partial charge in [-0.3, -0.25) is 4.79 Å². The molecule has 0 radical (unpaired) electrons. The third kappa shape index (κ3) is 6.61. The van der Waals surface area contributed by atoms with Gasteiger partial charge < -0.3 is 19.5 Å². The first-order valence-electron chi connectivity index (χ1n) is 7.64. The molecule has 6 nitrogen and oxygen atoms in total. The van der Waals surface area contributed by atoms with E-state index >= 15 is 0 Å². The largest absolute Gasteiger partial charge is 0.492 e. The van der Waals surface area contributed by atoms with E-state index in [1.54, 1.807) is 30.3 Å². The van der Waals surface area contributed by atoms with Crippen LogP contribution in [0.25, 0.3) is 0 Å². The topological polar surface area (TPSA) is 73.9 Å². The Labute approximate surface area is 159 Å². The Kier molecular flexibility index (Phi) is 7.52. The molecule has 2 aromatic carbocycles. The number of rotatable bonds is 8. The summed E-state index contributed by atoms with van der Waals surface area (Å²) in [5.41, 5.74) is 0.528. The Morgan fingerprint density at radius 1 is 1.00 bits per heavy atom. The van der Waals surface area contributed by atoms with Crippen molar-refractivity contribution in [3.63, 3.8) is 0 Å². The number of carbonyl (C=O) groups is 2. The molecule has 7 heteroatoms. The van der Waals surface area contributed by atoms with Crippen LogP contribution in [-0.4, -0.2) is 31.7 Å². The Morgan fingerprint density at radius 2 is 1.72 bits per heavy atom. The zero-order valence-corrected chi connectivity index (χ0v) is 15.8. The van der Waals surface area contributed by atoms with E-state index in [1.165, 1.54) is 0 Å². The van der Waals surface area contributed by atoms with Crippen molar-refractivity contribution in [2.45, 2.75) is 6.92 Å². The molecule has 0 aromatic heterocycles. The first-order valence-corrected chi connectivity index (χ1v) is 8.72. The quantitative estimate of drug-likeness (QED) is 0.489. The predicted molar refractivity (Wildman–Crippen MR) is 102 cm³/mol. The molecule has 0 aliphatic rings. The van der Waals surface area contributed by atoms with Gasteiger partial charge in [0.1, 0.15) is 11.5 Å². The van der Waals surface area contributed by atoms with Gasteiger partial charge in [0, 0.05) is 3.57 Å². The first kappa shape index (κ1) is 19.0. The molecule has 2 aromatic rings. The molecule has 0 bridgehead atoms. The van der Waals surface area contributed by atoms with Gasteiger partial charge in [-0.05, 0) is 65.9 Å². The Hall–Kier alpha value is -2.29. The van der Waals surface area contributed by atoms with Crippen molar-refractivity contribution < 1.29 is 23.8 Å². The van der Waals surface area contributed by atoms with Crippen molar-refractivity contribution in [3.05, 3.63) is 52.1 Å². The van der Waals surface area contributed by atoms with Gasteiger partial charge >= 0.3 is 5.97 Å². The predicted octanol–water partition coefficient (Wildman–Crippen LogP) is 3.25. The number of amides is 1. The number of carbonyl (C=O) groups excluding carboxylic acids is 2. The molecule has 1 amide bonds. The monoisotopic (exact) mass is 455 g/mol. The lowest BCUT2D eigenvalue weighted by atomic mass is 10.3. The van der Waals surface area contributed by atoms with E-state index in [-0.39, 0.29) is 6.61 Å². The molecular weight excluding hydrogens is 437 g/mol. The van der Waals surface area contributed by atoms with Crippen molar-refractivity contribution in [1.29, 1.82) is 0 Å². The molecule has 0 atom stereocenters. The lowest BCUT2D eigenvalue weighted by molar-refractivity contribution is -0.149. The van der Waals surface area contributed by atoms with Crippen LogP contribution in [0, 0.1) is 3.57 Å². The van der Waals surface area contributed by atoms with Gasteiger partial charge in [-0.15, -0.1) is 0 Å². The van der Waals surface area contributed by atoms with Gasteiger partial charge in [0.15, 0.2) is 13.2 Å². The number of hydrogen-bond donors (Lipinski definition) is 1. The molecule has 0 aliphatic heterocycles. The number of anilines is 1. The van der Waals surface area contributed by atoms with Gasteiger partial charge in [-0.2, -0.15) is 0 Å². The van der Waals surface area contributed by atoms with Crippen LogP contribution in [0.3, 0.4) is 0 Å². The van der Waals surface area contributed by atoms with Gasteiger partial charge in [-0.25, -0.2) is 4.79 Å². The average molecular weight is 455 g/mol. The van der Waals surface area contributed by atoms with E-state index in [1.807, 2.05) is 25.1 Å². The SMILES string of the molecule is CCOc1ccccc1NC(=O)COC(=O)COc1ccc(I)cc1. The minimum atomic E-state index is -0.619. The zero-order chi connectivity index (χ0) is 18.1. The molecule has 25 heavy (non-hydrogen) atoms. The fourth-order valence-electron chi connectivity index (χ4n) is 1.90. The second kappa shape index (κ2) is 9.87. The normalized spacial score (nSPS) is 10.0. The molecule has 0 spiro atoms. The number of halogens is 1. The van der Waals surface area contributed by atoms with Crippen LogP contribution in [-0.2, 0) is 14.3 Å². The van der Waals surface area contributed by atoms with Crippen LogP contribution in [0.15, 0.2) is 48.5 Å². The molecule has 1 N–H and O–H groups in total. The van der Waals surface area contributed by atoms with Crippen LogP contribution >= 0.6 is 22.6 Å². The Bertz CT molecular complexity index is 718. The lowest BCUT2D eigenvalue weighted by Crippen LogP contribution is -2.23. The Morgan fingerprint density at radius 3 is 2.44 bits per heavy atom. The summed E-state index contributed by atoms with van der Waals surface area (Å²) >= 11 is 2.17. The standard InChI is InChI=1S/C18H18INO5/c1-2-23-16-6-4-3-5-15(16)20-17(21)11-25-18(22)12-24-14-9-7-13(19)8-10-14/h3-10H,2,11-12H2,1H3,(H,20,21). The van der Waals surface area contributed by atoms with Crippen LogP contribution in [0.2, 0.25) is 0 Å². The fourth-order valence-corrected chi connectivity index (χ4v) is 2.26. The number of esters is 1. The van der Waals surface area contributed by atoms with Crippen LogP contribution in [0.4, 0.5) is 5.69 Å². The van der Waals surface area contributed by atoms with Gasteiger partial charge in [-0.1, -0.05) is 12.1 Å². The summed E-state index contributed by atoms with van der Waals surface area (Å²) in [5, 5.41) is 2.65. The van der Waals surface area contributed by atoms with E-state index in [0.29, 0.717) is 23.8 Å². The van der Waals surface area contributed by atoms with E-state index in [4.69, 9.17) is 14.2 Å².